The van der Waals surface area contributed by atoms with Crippen LogP contribution in [0.2, 0.25) is 0 Å². The van der Waals surface area contributed by atoms with E-state index in [9.17, 15) is 50.4 Å². The number of amides is 5. The fourth-order valence-electron chi connectivity index (χ4n) is 15.1. The molecule has 2 aromatic heterocycles. The van der Waals surface area contributed by atoms with Crippen molar-refractivity contribution in [3.63, 3.8) is 0 Å². The summed E-state index contributed by atoms with van der Waals surface area (Å²) in [7, 11) is -4.48. The fraction of sp³-hybridized carbons (Fsp3) is 0.623. The van der Waals surface area contributed by atoms with Crippen molar-refractivity contribution < 1.29 is 105 Å². The quantitative estimate of drug-likeness (QED) is 0.0704. The molecule has 0 bridgehead atoms. The number of fused-ring (bicyclic) bond motifs is 6. The number of Topliss-reactive ketones (excluding diaryl/α,β-unsaturated/α-hetero) is 2. The standard InChI is InChI=1S/C41H56N4O10S.C36H48N4O8S.Ba.ClH.2H/c1-24(2)53-35-20-34(29-17-18-33(52-7)25(3)36(29)43-35)54-27-19-31-32(46)22-41(38(48)44-56(50,51)28-15-16-28)21-26(41)13-11-9-8-10-12-14-30(37(47)45(31)23-27)42-39(49)55-40(4,5)6;1-21(2)47-32-17-31(26-14-15-30(46-4)22(3)33(26)38-32)48-24-16-28-29(41)19-36(35(43)39-49(44,45)25-12-13-25)18-23(36)10-8-6-5-7-9-11-27(37)34(42)40(28)20-24;;;;/h11,13,17-18,20,24,26-28,30-31H,8-10,12,14-16,19,21-23H2,1-7H3,(H,42,49)(H,44,48);8,10,14-15,17,21,23-25,27-28H,5-7,9,11-13,16,18-20,37H2,1-4H3,(H,39,43);;1H;;/q;;+2;;2*-1/b13-11-;10-8-;;;;/t26-,27-,30+,31+,41-;23-,24-,27+,28+,36-;;;;/m11..../s1. The fourth-order valence-corrected chi connectivity index (χ4v) is 17.9. The molecule has 0 spiro atoms. The first kappa shape index (κ1) is 84.8. The number of hydrogen-bond acceptors (Lipinski definition) is 20. The van der Waals surface area contributed by atoms with Gasteiger partial charge in [0.1, 0.15) is 46.8 Å². The molecular weight excluding hydrogens is 1560 g/mol. The van der Waals surface area contributed by atoms with Crippen molar-refractivity contribution in [2.45, 2.75) is 255 Å². The van der Waals surface area contributed by atoms with Gasteiger partial charge in [0, 0.05) is 66.1 Å². The molecule has 12 rings (SSSR count). The van der Waals surface area contributed by atoms with Gasteiger partial charge in [-0.2, -0.15) is 0 Å². The minimum absolute atomic E-state index is 0. The molecule has 4 aliphatic heterocycles. The molecule has 2 saturated heterocycles. The summed E-state index contributed by atoms with van der Waals surface area (Å²) in [5.74, 6) is -0.236. The molecule has 0 unspecified atom stereocenters. The number of pyridine rings is 2. The molecule has 6 heterocycles. The second-order valence-electron chi connectivity index (χ2n) is 31.4. The van der Waals surface area contributed by atoms with E-state index in [0.717, 1.165) is 55.0 Å². The molecule has 584 valence electrons. The molecule has 4 aromatic rings. The van der Waals surface area contributed by atoms with Crippen molar-refractivity contribution in [2.24, 2.45) is 22.7 Å². The zero-order valence-corrected chi connectivity index (χ0v) is 70.3. The van der Waals surface area contributed by atoms with Crippen LogP contribution in [0.3, 0.4) is 0 Å². The average Bonchev–Trinajstić information content (AvgIpc) is 1.59. The van der Waals surface area contributed by atoms with Crippen LogP contribution in [0, 0.1) is 36.5 Å². The van der Waals surface area contributed by atoms with E-state index >= 15 is 0 Å². The summed E-state index contributed by atoms with van der Waals surface area (Å²) in [6, 6.07) is 7.43. The molecule has 8 aliphatic rings. The van der Waals surface area contributed by atoms with E-state index in [-0.39, 0.29) is 144 Å². The number of halogens is 1. The zero-order valence-electron chi connectivity index (χ0n) is 65.5. The molecule has 26 nitrogen and oxygen atoms in total. The van der Waals surface area contributed by atoms with Crippen molar-refractivity contribution in [1.82, 2.24) is 34.5 Å². The SMILES string of the molecule is COc1ccc2c(O[C@@H]3C[C@H]4C(=O)C[C@]5(C(=O)NS(=O)(=O)C6CC6)C[C@H]5/C=C\CCCCC[C@H](NC(=O)OC(C)(C)C)C(=O)N4C3)cc(OC(C)C)nc2c1C.COc1ccc2c(O[C@@H]3C[C@H]4C(=O)C[C@]5(C(=O)NS(=O)(=O)C6CC6)C[C@H]5/C=C\CCCCC[C@H]([NH3+])C(=O)N4C3)cc(OC(C)C)nc2c1C.[Ba+2].[Cl-].[H-].[H-]. The minimum Gasteiger partial charge on any atom is -1.00 e. The van der Waals surface area contributed by atoms with Crippen molar-refractivity contribution in [2.75, 3.05) is 27.3 Å². The number of nitrogens with zero attached hydrogens (tertiary/aromatic N) is 4. The monoisotopic (exact) mass is 1670 g/mol. The van der Waals surface area contributed by atoms with Gasteiger partial charge in [-0.25, -0.2) is 31.6 Å². The molecule has 5 amide bonds. The normalized spacial score (nSPS) is 27.1. The number of alkyl carbamates (subject to hydrolysis) is 1. The van der Waals surface area contributed by atoms with Gasteiger partial charge in [0.15, 0.2) is 17.6 Å². The number of sulfonamides is 2. The number of rotatable bonds is 17. The van der Waals surface area contributed by atoms with Crippen molar-refractivity contribution in [3.05, 3.63) is 71.8 Å². The molecule has 30 heteroatoms. The van der Waals surface area contributed by atoms with Crippen molar-refractivity contribution >= 4 is 132 Å². The Labute approximate surface area is 677 Å². The molecule has 107 heavy (non-hydrogen) atoms. The van der Waals surface area contributed by atoms with Crippen LogP contribution in [0.5, 0.6) is 34.8 Å². The molecule has 6 fully saturated rings. The predicted molar refractivity (Wildman–Crippen MR) is 399 cm³/mol. The van der Waals surface area contributed by atoms with E-state index in [1.807, 2.05) is 90.1 Å². The van der Waals surface area contributed by atoms with Crippen LogP contribution in [0.1, 0.15) is 191 Å². The largest absolute Gasteiger partial charge is 2.00 e. The number of nitrogens with one attached hydrogen (secondary N) is 3. The van der Waals surface area contributed by atoms with E-state index in [1.165, 1.54) is 4.90 Å². The summed E-state index contributed by atoms with van der Waals surface area (Å²) < 4.78 is 97.8. The predicted octanol–water partition coefficient (Wildman–Crippen LogP) is 5.92. The topological polar surface area (TPSA) is 348 Å². The van der Waals surface area contributed by atoms with Gasteiger partial charge in [0.05, 0.1) is 84.0 Å². The minimum atomic E-state index is -3.86. The zero-order chi connectivity index (χ0) is 75.7. The number of aromatic nitrogens is 2. The average molecular weight is 1670 g/mol. The van der Waals surface area contributed by atoms with Gasteiger partial charge in [0.25, 0.3) is 5.91 Å². The van der Waals surface area contributed by atoms with Crippen LogP contribution < -0.4 is 61.3 Å². The number of aryl methyl sites for hydroxylation is 2. The van der Waals surface area contributed by atoms with Crippen LogP contribution >= 0.6 is 0 Å². The van der Waals surface area contributed by atoms with E-state index < -0.39 is 107 Å². The molecule has 4 aliphatic carbocycles. The Bertz CT molecular complexity index is 4310. The third kappa shape index (κ3) is 20.3. The number of ketones is 2. The summed E-state index contributed by atoms with van der Waals surface area (Å²) in [4.78, 5) is 110. The number of carbonyl (C=O) groups excluding carboxylic acids is 7. The van der Waals surface area contributed by atoms with Crippen LogP contribution in [-0.2, 0) is 53.6 Å². The van der Waals surface area contributed by atoms with E-state index in [2.05, 4.69) is 20.5 Å². The summed E-state index contributed by atoms with van der Waals surface area (Å²) in [5.41, 5.74) is 3.80. The Kier molecular flexibility index (Phi) is 27.7. The van der Waals surface area contributed by atoms with Gasteiger partial charge in [-0.3, -0.25) is 38.2 Å². The molecular formula is C77H107BaClN8O18S2. The number of hydrogen-bond donors (Lipinski definition) is 4. The van der Waals surface area contributed by atoms with E-state index in [4.69, 9.17) is 43.1 Å². The maximum atomic E-state index is 14.6. The maximum Gasteiger partial charge on any atom is 2.00 e. The number of benzene rings is 2. The third-order valence-corrected chi connectivity index (χ3v) is 24.9. The van der Waals surface area contributed by atoms with Crippen molar-refractivity contribution in [1.29, 1.82) is 0 Å². The number of ether oxygens (including phenoxy) is 7. The van der Waals surface area contributed by atoms with Crippen LogP contribution in [0.4, 0.5) is 4.79 Å². The summed E-state index contributed by atoms with van der Waals surface area (Å²) in [6.45, 7) is 16.8. The number of carbonyl (C=O) groups is 7. The van der Waals surface area contributed by atoms with E-state index in [1.54, 1.807) is 52.0 Å². The molecule has 4 saturated carbocycles. The van der Waals surface area contributed by atoms with Crippen LogP contribution in [-0.4, -0.2) is 219 Å². The molecule has 6 N–H and O–H groups in total. The van der Waals surface area contributed by atoms with Gasteiger partial charge >= 0.3 is 55.0 Å². The first-order valence-electron chi connectivity index (χ1n) is 37.3. The summed E-state index contributed by atoms with van der Waals surface area (Å²) in [5, 5.41) is 3.04. The molecule has 0 radical (unpaired) electrons. The first-order valence-corrected chi connectivity index (χ1v) is 40.4. The smallest absolute Gasteiger partial charge is 1.00 e. The summed E-state index contributed by atoms with van der Waals surface area (Å²) in [6.07, 6.45) is 15.6. The Morgan fingerprint density at radius 3 is 1.43 bits per heavy atom. The molecule has 10 atom stereocenters. The Hall–Kier alpha value is -6.25. The van der Waals surface area contributed by atoms with E-state index in [0.29, 0.717) is 115 Å². The van der Waals surface area contributed by atoms with Gasteiger partial charge in [-0.1, -0.05) is 43.6 Å². The molecule has 2 aromatic carbocycles. The number of allylic oxidation sites excluding steroid dienone is 4. The van der Waals surface area contributed by atoms with Gasteiger partial charge < -0.3 is 69.3 Å². The first-order chi connectivity index (χ1) is 49.7. The van der Waals surface area contributed by atoms with Crippen molar-refractivity contribution in [3.8, 4) is 34.8 Å². The van der Waals surface area contributed by atoms with Gasteiger partial charge in [-0.15, -0.1) is 0 Å². The second-order valence-corrected chi connectivity index (χ2v) is 35.3. The number of quaternary nitrogens is 1. The summed E-state index contributed by atoms with van der Waals surface area (Å²) >= 11 is 0. The third-order valence-electron chi connectivity index (χ3n) is 21.2. The second kappa shape index (κ2) is 35.0. The van der Waals surface area contributed by atoms with Gasteiger partial charge in [-0.05, 0) is 175 Å². The Balaban J connectivity index is 0.000000295. The van der Waals surface area contributed by atoms with Gasteiger partial charge in [0.2, 0.25) is 49.5 Å². The van der Waals surface area contributed by atoms with Crippen LogP contribution in [0.25, 0.3) is 21.8 Å². The van der Waals surface area contributed by atoms with Crippen LogP contribution in [0.15, 0.2) is 60.7 Å². The maximum absolute atomic E-state index is 14.6. The number of methoxy groups -OCH3 is 2. The Morgan fingerprint density at radius 1 is 0.607 bits per heavy atom. The Morgan fingerprint density at radius 2 is 1.03 bits per heavy atom.